The molecule has 3 rings (SSSR count). The Kier molecular flexibility index (Phi) is 3.90. The summed E-state index contributed by atoms with van der Waals surface area (Å²) in [5, 5.41) is 12.5. The van der Waals surface area contributed by atoms with Crippen LogP contribution in [0.4, 0.5) is 0 Å². The maximum atomic E-state index is 10.2. The lowest BCUT2D eigenvalue weighted by Crippen LogP contribution is -2.41. The largest absolute Gasteiger partial charge is 0.508 e. The average Bonchev–Trinajstić information content (AvgIpc) is 2.50. The van der Waals surface area contributed by atoms with Crippen LogP contribution in [0.1, 0.15) is 18.9 Å². The molecular weight excluding hydrogens is 250 g/mol. The van der Waals surface area contributed by atoms with Crippen LogP contribution in [-0.2, 0) is 11.3 Å². The Morgan fingerprint density at radius 1 is 1.25 bits per heavy atom. The van der Waals surface area contributed by atoms with E-state index >= 15 is 0 Å². The van der Waals surface area contributed by atoms with Crippen LogP contribution in [-0.4, -0.2) is 35.8 Å². The van der Waals surface area contributed by atoms with E-state index in [9.17, 15) is 5.11 Å². The zero-order chi connectivity index (χ0) is 13.9. The van der Waals surface area contributed by atoms with Crippen LogP contribution in [0, 0.1) is 0 Å². The fourth-order valence-corrected chi connectivity index (χ4v) is 2.89. The van der Waals surface area contributed by atoms with Gasteiger partial charge in [-0.05, 0) is 23.3 Å². The zero-order valence-corrected chi connectivity index (χ0v) is 11.9. The molecule has 1 N–H and O–H groups in total. The number of nitrogens with zero attached hydrogens (tertiary/aromatic N) is 1. The SMILES string of the molecule is CC[C@@H]1CN(Cc2c(O)ccc3ccccc23)CCO1. The Morgan fingerprint density at radius 2 is 2.10 bits per heavy atom. The molecule has 1 heterocycles. The molecule has 0 saturated carbocycles. The molecule has 3 heteroatoms. The van der Waals surface area contributed by atoms with E-state index in [-0.39, 0.29) is 0 Å². The minimum atomic E-state index is 0.320. The molecule has 1 aliphatic heterocycles. The van der Waals surface area contributed by atoms with Gasteiger partial charge in [0, 0.05) is 25.2 Å². The molecule has 3 nitrogen and oxygen atoms in total. The number of aromatic hydroxyl groups is 1. The molecule has 0 unspecified atom stereocenters. The highest BCUT2D eigenvalue weighted by Crippen LogP contribution is 2.28. The summed E-state index contributed by atoms with van der Waals surface area (Å²) in [4.78, 5) is 2.37. The monoisotopic (exact) mass is 271 g/mol. The molecule has 0 radical (unpaired) electrons. The Morgan fingerprint density at radius 3 is 2.95 bits per heavy atom. The maximum absolute atomic E-state index is 10.2. The van der Waals surface area contributed by atoms with Crippen molar-refractivity contribution in [2.75, 3.05) is 19.7 Å². The van der Waals surface area contributed by atoms with Crippen molar-refractivity contribution in [1.29, 1.82) is 0 Å². The van der Waals surface area contributed by atoms with Crippen LogP contribution in [0.25, 0.3) is 10.8 Å². The summed E-state index contributed by atoms with van der Waals surface area (Å²) in [7, 11) is 0. The predicted molar refractivity (Wildman–Crippen MR) is 80.9 cm³/mol. The van der Waals surface area contributed by atoms with Gasteiger partial charge in [0.15, 0.2) is 0 Å². The first-order valence-electron chi connectivity index (χ1n) is 7.31. The molecule has 106 valence electrons. The topological polar surface area (TPSA) is 32.7 Å². The normalized spacial score (nSPS) is 20.4. The lowest BCUT2D eigenvalue weighted by Gasteiger charge is -2.32. The minimum absolute atomic E-state index is 0.320. The van der Waals surface area contributed by atoms with Gasteiger partial charge in [-0.25, -0.2) is 0 Å². The van der Waals surface area contributed by atoms with Gasteiger partial charge < -0.3 is 9.84 Å². The molecule has 1 atom stereocenters. The van der Waals surface area contributed by atoms with E-state index in [0.717, 1.165) is 43.6 Å². The average molecular weight is 271 g/mol. The van der Waals surface area contributed by atoms with Gasteiger partial charge in [0.25, 0.3) is 0 Å². The van der Waals surface area contributed by atoms with Crippen LogP contribution in [0.15, 0.2) is 36.4 Å². The van der Waals surface area contributed by atoms with Crippen LogP contribution >= 0.6 is 0 Å². The van der Waals surface area contributed by atoms with Crippen molar-refractivity contribution in [3.8, 4) is 5.75 Å². The van der Waals surface area contributed by atoms with E-state index in [1.165, 1.54) is 5.39 Å². The Hall–Kier alpha value is -1.58. The van der Waals surface area contributed by atoms with Gasteiger partial charge in [-0.2, -0.15) is 0 Å². The number of rotatable bonds is 3. The van der Waals surface area contributed by atoms with E-state index < -0.39 is 0 Å². The van der Waals surface area contributed by atoms with E-state index in [1.807, 2.05) is 18.2 Å². The molecule has 0 aromatic heterocycles. The summed E-state index contributed by atoms with van der Waals surface area (Å²) in [6.07, 6.45) is 1.36. The molecule has 20 heavy (non-hydrogen) atoms. The second-order valence-electron chi connectivity index (χ2n) is 5.42. The van der Waals surface area contributed by atoms with Gasteiger partial charge in [-0.3, -0.25) is 4.90 Å². The van der Waals surface area contributed by atoms with Crippen LogP contribution in [0.2, 0.25) is 0 Å². The molecule has 0 spiro atoms. The first kappa shape index (κ1) is 13.4. The van der Waals surface area contributed by atoms with Crippen molar-refractivity contribution in [2.45, 2.75) is 26.0 Å². The quantitative estimate of drug-likeness (QED) is 0.930. The number of fused-ring (bicyclic) bond motifs is 1. The number of phenolic OH excluding ortho intramolecular Hbond substituents is 1. The lowest BCUT2D eigenvalue weighted by atomic mass is 10.0. The van der Waals surface area contributed by atoms with Crippen molar-refractivity contribution < 1.29 is 9.84 Å². The van der Waals surface area contributed by atoms with Crippen molar-refractivity contribution in [1.82, 2.24) is 4.90 Å². The van der Waals surface area contributed by atoms with Crippen molar-refractivity contribution in [3.63, 3.8) is 0 Å². The minimum Gasteiger partial charge on any atom is -0.508 e. The highest BCUT2D eigenvalue weighted by molar-refractivity contribution is 5.87. The van der Waals surface area contributed by atoms with E-state index in [1.54, 1.807) is 6.07 Å². The second-order valence-corrected chi connectivity index (χ2v) is 5.42. The maximum Gasteiger partial charge on any atom is 0.120 e. The lowest BCUT2D eigenvalue weighted by molar-refractivity contribution is -0.0325. The number of benzene rings is 2. The third-order valence-electron chi connectivity index (χ3n) is 4.08. The summed E-state index contributed by atoms with van der Waals surface area (Å²) in [5.74, 6) is 0.392. The molecule has 1 aliphatic rings. The Labute approximate surface area is 119 Å². The first-order valence-corrected chi connectivity index (χ1v) is 7.31. The van der Waals surface area contributed by atoms with Gasteiger partial charge in [-0.15, -0.1) is 0 Å². The fraction of sp³-hybridized carbons (Fsp3) is 0.412. The predicted octanol–water partition coefficient (Wildman–Crippen LogP) is 3.16. The number of hydrogen-bond acceptors (Lipinski definition) is 3. The number of ether oxygens (including phenoxy) is 1. The Bertz CT molecular complexity index is 597. The Balaban J connectivity index is 1.88. The van der Waals surface area contributed by atoms with Crippen LogP contribution in [0.5, 0.6) is 5.75 Å². The summed E-state index contributed by atoms with van der Waals surface area (Å²) < 4.78 is 5.71. The molecule has 0 bridgehead atoms. The van der Waals surface area contributed by atoms with Crippen LogP contribution < -0.4 is 0 Å². The number of morpholine rings is 1. The fourth-order valence-electron chi connectivity index (χ4n) is 2.89. The highest BCUT2D eigenvalue weighted by Gasteiger charge is 2.20. The van der Waals surface area contributed by atoms with E-state index in [0.29, 0.717) is 11.9 Å². The summed E-state index contributed by atoms with van der Waals surface area (Å²) >= 11 is 0. The molecule has 0 amide bonds. The first-order chi connectivity index (χ1) is 9.78. The van der Waals surface area contributed by atoms with Crippen molar-refractivity contribution >= 4 is 10.8 Å². The molecule has 2 aromatic carbocycles. The zero-order valence-electron chi connectivity index (χ0n) is 11.9. The van der Waals surface area contributed by atoms with Crippen molar-refractivity contribution in [2.24, 2.45) is 0 Å². The molecular formula is C17H21NO2. The third kappa shape index (κ3) is 2.65. The van der Waals surface area contributed by atoms with Gasteiger partial charge in [-0.1, -0.05) is 37.3 Å². The van der Waals surface area contributed by atoms with Gasteiger partial charge >= 0.3 is 0 Å². The standard InChI is InChI=1S/C17H21NO2/c1-2-14-11-18(9-10-20-14)12-16-15-6-4-3-5-13(15)7-8-17(16)19/h3-8,14,19H,2,9-12H2,1H3/t14-/m1/s1. The summed E-state index contributed by atoms with van der Waals surface area (Å²) in [6, 6.07) is 12.0. The number of phenols is 1. The van der Waals surface area contributed by atoms with E-state index in [4.69, 9.17) is 4.74 Å². The highest BCUT2D eigenvalue weighted by atomic mass is 16.5. The molecule has 1 fully saturated rings. The van der Waals surface area contributed by atoms with Crippen LogP contribution in [0.3, 0.4) is 0 Å². The summed E-state index contributed by atoms with van der Waals surface area (Å²) in [6.45, 7) is 5.60. The molecule has 1 saturated heterocycles. The second kappa shape index (κ2) is 5.81. The summed E-state index contributed by atoms with van der Waals surface area (Å²) in [5.41, 5.74) is 1.03. The molecule has 2 aromatic rings. The van der Waals surface area contributed by atoms with E-state index in [2.05, 4.69) is 24.0 Å². The molecule has 0 aliphatic carbocycles. The third-order valence-corrected chi connectivity index (χ3v) is 4.08. The smallest absolute Gasteiger partial charge is 0.120 e. The van der Waals surface area contributed by atoms with Gasteiger partial charge in [0.05, 0.1) is 12.7 Å². The van der Waals surface area contributed by atoms with Crippen molar-refractivity contribution in [3.05, 3.63) is 42.0 Å². The van der Waals surface area contributed by atoms with Gasteiger partial charge in [0.1, 0.15) is 5.75 Å². The van der Waals surface area contributed by atoms with Gasteiger partial charge in [0.2, 0.25) is 0 Å². The number of hydrogen-bond donors (Lipinski definition) is 1.